The minimum absolute atomic E-state index is 0.119. The summed E-state index contributed by atoms with van der Waals surface area (Å²) in [7, 11) is 1.58. The van der Waals surface area contributed by atoms with Gasteiger partial charge < -0.3 is 14.7 Å². The molecule has 1 aromatic rings. The Kier molecular flexibility index (Phi) is 5.45. The molecule has 0 saturated heterocycles. The molecule has 110 valence electrons. The molecule has 0 saturated carbocycles. The van der Waals surface area contributed by atoms with E-state index in [-0.39, 0.29) is 11.6 Å². The van der Waals surface area contributed by atoms with Crippen molar-refractivity contribution >= 4 is 17.3 Å². The van der Waals surface area contributed by atoms with E-state index in [0.717, 1.165) is 0 Å². The Morgan fingerprint density at radius 2 is 2.15 bits per heavy atom. The number of ether oxygens (including phenoxy) is 1. The molecule has 0 aliphatic heterocycles. The van der Waals surface area contributed by atoms with E-state index >= 15 is 0 Å². The second-order valence-corrected chi connectivity index (χ2v) is 4.54. The first-order valence-electron chi connectivity index (χ1n) is 6.15. The van der Waals surface area contributed by atoms with Crippen LogP contribution in [-0.2, 0) is 4.74 Å². The van der Waals surface area contributed by atoms with E-state index in [9.17, 15) is 14.9 Å². The van der Waals surface area contributed by atoms with Gasteiger partial charge >= 0.3 is 5.97 Å². The number of nitrogens with zero attached hydrogens (tertiary/aromatic N) is 2. The van der Waals surface area contributed by atoms with E-state index in [0.29, 0.717) is 18.8 Å². The van der Waals surface area contributed by atoms with Crippen LogP contribution in [-0.4, -0.2) is 42.3 Å². The average Bonchev–Trinajstić information content (AvgIpc) is 2.38. The van der Waals surface area contributed by atoms with Gasteiger partial charge in [-0.15, -0.1) is 0 Å². The van der Waals surface area contributed by atoms with Gasteiger partial charge in [0.1, 0.15) is 5.56 Å². The normalized spacial score (nSPS) is 10.6. The van der Waals surface area contributed by atoms with E-state index < -0.39 is 16.6 Å². The van der Waals surface area contributed by atoms with Crippen LogP contribution in [0.2, 0.25) is 0 Å². The second-order valence-electron chi connectivity index (χ2n) is 4.54. The van der Waals surface area contributed by atoms with Gasteiger partial charge in [0.25, 0.3) is 5.69 Å². The van der Waals surface area contributed by atoms with Crippen molar-refractivity contribution in [3.8, 4) is 0 Å². The topological polar surface area (TPSA) is 92.9 Å². The SMILES string of the molecule is COCCN(c1ccc([N+](=O)[O-])c(C(=O)O)c1)C(C)C. The van der Waals surface area contributed by atoms with E-state index in [2.05, 4.69) is 0 Å². The molecule has 0 heterocycles. The highest BCUT2D eigenvalue weighted by Gasteiger charge is 2.22. The third-order valence-electron chi connectivity index (χ3n) is 2.90. The quantitative estimate of drug-likeness (QED) is 0.608. The standard InChI is InChI=1S/C13H18N2O5/c1-9(2)14(6-7-20-3)10-4-5-12(15(18)19)11(8-10)13(16)17/h4-5,8-9H,6-7H2,1-3H3,(H,16,17). The van der Waals surface area contributed by atoms with Gasteiger partial charge in [-0.1, -0.05) is 0 Å². The highest BCUT2D eigenvalue weighted by Crippen LogP contribution is 2.26. The number of carboxylic acid groups (broad SMARTS) is 1. The first kappa shape index (κ1) is 15.9. The molecule has 0 bridgehead atoms. The summed E-state index contributed by atoms with van der Waals surface area (Å²) in [5.74, 6) is -1.31. The number of hydrogen-bond acceptors (Lipinski definition) is 5. The molecule has 0 aliphatic rings. The number of carboxylic acids is 1. The lowest BCUT2D eigenvalue weighted by molar-refractivity contribution is -0.385. The summed E-state index contributed by atoms with van der Waals surface area (Å²) in [6.07, 6.45) is 0. The van der Waals surface area contributed by atoms with Crippen LogP contribution >= 0.6 is 0 Å². The molecule has 1 N–H and O–H groups in total. The van der Waals surface area contributed by atoms with Crippen molar-refractivity contribution in [1.29, 1.82) is 0 Å². The minimum atomic E-state index is -1.31. The van der Waals surface area contributed by atoms with Gasteiger partial charge in [-0.2, -0.15) is 0 Å². The fraction of sp³-hybridized carbons (Fsp3) is 0.462. The van der Waals surface area contributed by atoms with E-state index in [4.69, 9.17) is 9.84 Å². The fourth-order valence-corrected chi connectivity index (χ4v) is 1.91. The lowest BCUT2D eigenvalue weighted by atomic mass is 10.1. The van der Waals surface area contributed by atoms with Crippen molar-refractivity contribution in [3.05, 3.63) is 33.9 Å². The van der Waals surface area contributed by atoms with Crippen LogP contribution in [0.1, 0.15) is 24.2 Å². The van der Waals surface area contributed by atoms with E-state index in [1.165, 1.54) is 12.1 Å². The minimum Gasteiger partial charge on any atom is -0.477 e. The Morgan fingerprint density at radius 3 is 2.60 bits per heavy atom. The first-order valence-corrected chi connectivity index (χ1v) is 6.15. The van der Waals surface area contributed by atoms with E-state index in [1.807, 2.05) is 18.7 Å². The number of hydrogen-bond donors (Lipinski definition) is 1. The van der Waals surface area contributed by atoms with Crippen molar-refractivity contribution in [2.75, 3.05) is 25.2 Å². The van der Waals surface area contributed by atoms with Crippen molar-refractivity contribution < 1.29 is 19.6 Å². The molecule has 1 rings (SSSR count). The largest absolute Gasteiger partial charge is 0.477 e. The number of carbonyl (C=O) groups is 1. The highest BCUT2D eigenvalue weighted by molar-refractivity contribution is 5.93. The van der Waals surface area contributed by atoms with Crippen molar-refractivity contribution in [1.82, 2.24) is 0 Å². The van der Waals surface area contributed by atoms with Crippen LogP contribution in [0.3, 0.4) is 0 Å². The van der Waals surface area contributed by atoms with Gasteiger partial charge in [0.05, 0.1) is 11.5 Å². The van der Waals surface area contributed by atoms with Crippen LogP contribution in [0.4, 0.5) is 11.4 Å². The smallest absolute Gasteiger partial charge is 0.342 e. The second kappa shape index (κ2) is 6.85. The lowest BCUT2D eigenvalue weighted by Crippen LogP contribution is -2.33. The number of nitro groups is 1. The van der Waals surface area contributed by atoms with Crippen LogP contribution in [0, 0.1) is 10.1 Å². The molecule has 0 aromatic heterocycles. The van der Waals surface area contributed by atoms with Gasteiger partial charge in [0.2, 0.25) is 0 Å². The van der Waals surface area contributed by atoms with E-state index in [1.54, 1.807) is 13.2 Å². The Morgan fingerprint density at radius 1 is 1.50 bits per heavy atom. The number of rotatable bonds is 7. The molecule has 0 radical (unpaired) electrons. The molecule has 0 aliphatic carbocycles. The first-order chi connectivity index (χ1) is 9.38. The number of benzene rings is 1. The van der Waals surface area contributed by atoms with Crippen LogP contribution < -0.4 is 4.90 Å². The molecule has 0 spiro atoms. The van der Waals surface area contributed by atoms with Crippen LogP contribution in [0.5, 0.6) is 0 Å². The van der Waals surface area contributed by atoms with Crippen molar-refractivity contribution in [2.24, 2.45) is 0 Å². The maximum Gasteiger partial charge on any atom is 0.342 e. The van der Waals surface area contributed by atoms with Gasteiger partial charge in [0, 0.05) is 31.5 Å². The molecular weight excluding hydrogens is 264 g/mol. The summed E-state index contributed by atoms with van der Waals surface area (Å²) < 4.78 is 5.02. The number of methoxy groups -OCH3 is 1. The summed E-state index contributed by atoms with van der Waals surface area (Å²) >= 11 is 0. The van der Waals surface area contributed by atoms with Gasteiger partial charge in [-0.25, -0.2) is 4.79 Å². The van der Waals surface area contributed by atoms with Crippen LogP contribution in [0.15, 0.2) is 18.2 Å². The predicted molar refractivity (Wildman–Crippen MR) is 74.4 cm³/mol. The molecule has 0 fully saturated rings. The monoisotopic (exact) mass is 282 g/mol. The number of nitro benzene ring substituents is 1. The Balaban J connectivity index is 3.20. The molecule has 0 atom stereocenters. The number of aromatic carboxylic acids is 1. The Bertz CT molecular complexity index is 502. The molecule has 1 aromatic carbocycles. The maximum atomic E-state index is 11.1. The molecular formula is C13H18N2O5. The van der Waals surface area contributed by atoms with Crippen molar-refractivity contribution in [2.45, 2.75) is 19.9 Å². The number of anilines is 1. The third-order valence-corrected chi connectivity index (χ3v) is 2.90. The Hall–Kier alpha value is -2.15. The van der Waals surface area contributed by atoms with Gasteiger partial charge in [-0.05, 0) is 26.0 Å². The zero-order chi connectivity index (χ0) is 15.3. The molecule has 0 unspecified atom stereocenters. The average molecular weight is 282 g/mol. The summed E-state index contributed by atoms with van der Waals surface area (Å²) in [4.78, 5) is 23.2. The van der Waals surface area contributed by atoms with Gasteiger partial charge in [0.15, 0.2) is 0 Å². The Labute approximate surface area is 116 Å². The molecule has 7 nitrogen and oxygen atoms in total. The zero-order valence-electron chi connectivity index (χ0n) is 11.7. The molecule has 0 amide bonds. The lowest BCUT2D eigenvalue weighted by Gasteiger charge is -2.28. The summed E-state index contributed by atoms with van der Waals surface area (Å²) in [6.45, 7) is 4.97. The predicted octanol–water partition coefficient (Wildman–Crippen LogP) is 2.15. The van der Waals surface area contributed by atoms with Gasteiger partial charge in [-0.3, -0.25) is 10.1 Å². The van der Waals surface area contributed by atoms with Crippen molar-refractivity contribution in [3.63, 3.8) is 0 Å². The van der Waals surface area contributed by atoms with Crippen LogP contribution in [0.25, 0.3) is 0 Å². The summed E-state index contributed by atoms with van der Waals surface area (Å²) in [5, 5.41) is 19.9. The summed E-state index contributed by atoms with van der Waals surface area (Å²) in [6, 6.07) is 4.23. The molecule has 20 heavy (non-hydrogen) atoms. The molecule has 7 heteroatoms. The maximum absolute atomic E-state index is 11.1. The zero-order valence-corrected chi connectivity index (χ0v) is 11.7. The third kappa shape index (κ3) is 3.67. The summed E-state index contributed by atoms with van der Waals surface area (Å²) in [5.41, 5.74) is -0.0904. The highest BCUT2D eigenvalue weighted by atomic mass is 16.6. The fourth-order valence-electron chi connectivity index (χ4n) is 1.91.